The Morgan fingerprint density at radius 1 is 0.943 bits per heavy atom. The molecule has 0 saturated heterocycles. The first-order valence-corrected chi connectivity index (χ1v) is 13.0. The Labute approximate surface area is 210 Å². The largest absolute Gasteiger partial charge is 0.497 e. The Morgan fingerprint density at radius 2 is 1.63 bits per heavy atom. The molecule has 0 aliphatic carbocycles. The van der Waals surface area contributed by atoms with Gasteiger partial charge in [0.1, 0.15) is 17.2 Å². The van der Waals surface area contributed by atoms with Gasteiger partial charge in [-0.1, -0.05) is 17.7 Å². The van der Waals surface area contributed by atoms with Crippen LogP contribution in [0.2, 0.25) is 5.02 Å². The quantitative estimate of drug-likeness (QED) is 0.368. The third-order valence-electron chi connectivity index (χ3n) is 5.01. The molecule has 0 bridgehead atoms. The van der Waals surface area contributed by atoms with Gasteiger partial charge in [0.05, 0.1) is 31.9 Å². The second kappa shape index (κ2) is 11.8. The van der Waals surface area contributed by atoms with Gasteiger partial charge < -0.3 is 19.5 Å². The van der Waals surface area contributed by atoms with Crippen molar-refractivity contribution in [3.63, 3.8) is 0 Å². The second-order valence-electron chi connectivity index (χ2n) is 7.61. The van der Waals surface area contributed by atoms with Crippen molar-refractivity contribution < 1.29 is 27.4 Å². The van der Waals surface area contributed by atoms with Gasteiger partial charge in [0, 0.05) is 24.1 Å². The van der Waals surface area contributed by atoms with Crippen LogP contribution in [0.4, 0.5) is 11.4 Å². The minimum Gasteiger partial charge on any atom is -0.497 e. The van der Waals surface area contributed by atoms with Crippen molar-refractivity contribution in [1.29, 1.82) is 0 Å². The zero-order chi connectivity index (χ0) is 25.4. The first-order valence-electron chi connectivity index (χ1n) is 10.7. The molecule has 0 heterocycles. The highest BCUT2D eigenvalue weighted by Gasteiger charge is 2.18. The van der Waals surface area contributed by atoms with Crippen molar-refractivity contribution >= 4 is 38.9 Å². The van der Waals surface area contributed by atoms with E-state index in [1.54, 1.807) is 73.8 Å². The second-order valence-corrected chi connectivity index (χ2v) is 9.95. The molecule has 3 aromatic rings. The molecule has 0 saturated carbocycles. The number of benzene rings is 3. The number of halogens is 1. The molecular formula is C25H27ClN2O6S. The Bertz CT molecular complexity index is 1270. The third-order valence-corrected chi connectivity index (χ3v) is 6.44. The number of nitrogens with one attached hydrogen (secondary N) is 1. The fourth-order valence-electron chi connectivity index (χ4n) is 3.31. The van der Waals surface area contributed by atoms with Gasteiger partial charge in [0.15, 0.2) is 5.75 Å². The van der Waals surface area contributed by atoms with Crippen LogP contribution in [0.15, 0.2) is 66.7 Å². The maximum atomic E-state index is 12.7. The molecule has 0 atom stereocenters. The van der Waals surface area contributed by atoms with Gasteiger partial charge in [-0.2, -0.15) is 0 Å². The highest BCUT2D eigenvalue weighted by atomic mass is 35.5. The molecule has 1 amide bonds. The first-order chi connectivity index (χ1) is 16.7. The van der Waals surface area contributed by atoms with E-state index in [1.807, 2.05) is 0 Å². The summed E-state index contributed by atoms with van der Waals surface area (Å²) in [7, 11) is -0.464. The molecular weight excluding hydrogens is 492 g/mol. The molecule has 0 unspecified atom stereocenters. The molecule has 0 aromatic heterocycles. The Morgan fingerprint density at radius 3 is 2.29 bits per heavy atom. The third kappa shape index (κ3) is 7.53. The minimum atomic E-state index is -3.55. The number of carbonyl (C=O) groups excluding carboxylic acids is 1. The van der Waals surface area contributed by atoms with Crippen molar-refractivity contribution in [2.24, 2.45) is 0 Å². The van der Waals surface area contributed by atoms with E-state index in [2.05, 4.69) is 5.32 Å². The van der Waals surface area contributed by atoms with Gasteiger partial charge in [-0.05, 0) is 61.0 Å². The van der Waals surface area contributed by atoms with Crippen LogP contribution in [-0.2, 0) is 14.8 Å². The van der Waals surface area contributed by atoms with E-state index >= 15 is 0 Å². The number of methoxy groups -OCH3 is 2. The van der Waals surface area contributed by atoms with Crippen LogP contribution in [0.3, 0.4) is 0 Å². The van der Waals surface area contributed by atoms with E-state index in [-0.39, 0.29) is 18.9 Å². The van der Waals surface area contributed by atoms with Crippen molar-refractivity contribution in [3.8, 4) is 23.0 Å². The minimum absolute atomic E-state index is 0.0878. The number of ether oxygens (including phenoxy) is 3. The van der Waals surface area contributed by atoms with E-state index in [4.69, 9.17) is 25.8 Å². The number of anilines is 2. The molecule has 0 aliphatic heterocycles. The molecule has 3 rings (SSSR count). The van der Waals surface area contributed by atoms with Crippen LogP contribution < -0.4 is 23.8 Å². The van der Waals surface area contributed by atoms with Crippen LogP contribution in [0.25, 0.3) is 0 Å². The van der Waals surface area contributed by atoms with E-state index in [0.717, 1.165) is 6.26 Å². The van der Waals surface area contributed by atoms with E-state index < -0.39 is 10.0 Å². The van der Waals surface area contributed by atoms with Crippen LogP contribution in [0.5, 0.6) is 23.0 Å². The summed E-state index contributed by atoms with van der Waals surface area (Å²) >= 11 is 6.12. The molecule has 0 fully saturated rings. The fraction of sp³-hybridized carbons (Fsp3) is 0.240. The SMILES string of the molecule is COc1ccc(Oc2ccc(Cl)cc2NC(=O)CCCN(c2cccc(OC)c2)S(C)(=O)=O)cc1. The van der Waals surface area contributed by atoms with Crippen molar-refractivity contribution in [1.82, 2.24) is 0 Å². The smallest absolute Gasteiger partial charge is 0.232 e. The Kier molecular flexibility index (Phi) is 8.84. The molecule has 0 radical (unpaired) electrons. The highest BCUT2D eigenvalue weighted by molar-refractivity contribution is 7.92. The van der Waals surface area contributed by atoms with E-state index in [1.165, 1.54) is 11.4 Å². The Balaban J connectivity index is 1.65. The van der Waals surface area contributed by atoms with E-state index in [9.17, 15) is 13.2 Å². The van der Waals surface area contributed by atoms with Crippen molar-refractivity contribution in [2.75, 3.05) is 36.6 Å². The van der Waals surface area contributed by atoms with Crippen molar-refractivity contribution in [2.45, 2.75) is 12.8 Å². The lowest BCUT2D eigenvalue weighted by Gasteiger charge is -2.22. The maximum Gasteiger partial charge on any atom is 0.232 e. The monoisotopic (exact) mass is 518 g/mol. The molecule has 8 nitrogen and oxygen atoms in total. The highest BCUT2D eigenvalue weighted by Crippen LogP contribution is 2.33. The summed E-state index contributed by atoms with van der Waals surface area (Å²) in [6.07, 6.45) is 1.51. The zero-order valence-corrected chi connectivity index (χ0v) is 21.2. The number of hydrogen-bond donors (Lipinski definition) is 1. The van der Waals surface area contributed by atoms with Gasteiger partial charge in [0.25, 0.3) is 0 Å². The van der Waals surface area contributed by atoms with Crippen LogP contribution in [-0.4, -0.2) is 41.3 Å². The number of nitrogens with zero attached hydrogens (tertiary/aromatic N) is 1. The average molecular weight is 519 g/mol. The topological polar surface area (TPSA) is 94.2 Å². The lowest BCUT2D eigenvalue weighted by molar-refractivity contribution is -0.116. The van der Waals surface area contributed by atoms with Gasteiger partial charge in [-0.3, -0.25) is 9.10 Å². The number of carbonyl (C=O) groups is 1. The summed E-state index contributed by atoms with van der Waals surface area (Å²) in [5.41, 5.74) is 0.878. The zero-order valence-electron chi connectivity index (χ0n) is 19.7. The van der Waals surface area contributed by atoms with Gasteiger partial charge in [-0.25, -0.2) is 8.42 Å². The standard InChI is InChI=1S/C25H27ClN2O6S/c1-32-20-10-12-21(13-11-20)34-24-14-9-18(26)16-23(24)27-25(29)8-5-15-28(35(3,30)31)19-6-4-7-22(17-19)33-2/h4,6-7,9-14,16-17H,5,8,15H2,1-3H3,(H,27,29). The lowest BCUT2D eigenvalue weighted by Crippen LogP contribution is -2.31. The summed E-state index contributed by atoms with van der Waals surface area (Å²) in [5.74, 6) is 1.91. The molecule has 0 aliphatic rings. The van der Waals surface area contributed by atoms with Crippen LogP contribution >= 0.6 is 11.6 Å². The summed E-state index contributed by atoms with van der Waals surface area (Å²) in [4.78, 5) is 12.7. The predicted octanol–water partition coefficient (Wildman–Crippen LogP) is 5.33. The first kappa shape index (κ1) is 26.2. The van der Waals surface area contributed by atoms with Crippen LogP contribution in [0, 0.1) is 0 Å². The molecule has 186 valence electrons. The van der Waals surface area contributed by atoms with E-state index in [0.29, 0.717) is 45.8 Å². The molecule has 1 N–H and O–H groups in total. The normalized spacial score (nSPS) is 11.0. The number of hydrogen-bond acceptors (Lipinski definition) is 6. The molecule has 10 heteroatoms. The van der Waals surface area contributed by atoms with Gasteiger partial charge in [-0.15, -0.1) is 0 Å². The predicted molar refractivity (Wildman–Crippen MR) is 138 cm³/mol. The van der Waals surface area contributed by atoms with Gasteiger partial charge in [0.2, 0.25) is 15.9 Å². The Hall–Kier alpha value is -3.43. The molecule has 35 heavy (non-hydrogen) atoms. The van der Waals surface area contributed by atoms with Crippen LogP contribution in [0.1, 0.15) is 12.8 Å². The maximum absolute atomic E-state index is 12.7. The number of rotatable bonds is 11. The summed E-state index contributed by atoms with van der Waals surface area (Å²) in [5, 5.41) is 3.24. The summed E-state index contributed by atoms with van der Waals surface area (Å²) < 4.78 is 42.2. The summed E-state index contributed by atoms with van der Waals surface area (Å²) in [6.45, 7) is 0.129. The average Bonchev–Trinajstić information content (AvgIpc) is 2.83. The lowest BCUT2D eigenvalue weighted by atomic mass is 10.2. The van der Waals surface area contributed by atoms with Crippen molar-refractivity contribution in [3.05, 3.63) is 71.8 Å². The number of amides is 1. The molecule has 0 spiro atoms. The molecule has 3 aromatic carbocycles. The fourth-order valence-corrected chi connectivity index (χ4v) is 4.44. The number of sulfonamides is 1. The summed E-state index contributed by atoms with van der Waals surface area (Å²) in [6, 6.07) is 18.7. The van der Waals surface area contributed by atoms with Gasteiger partial charge >= 0.3 is 0 Å².